The molecule has 28 heavy (non-hydrogen) atoms. The van der Waals surface area contributed by atoms with Crippen LogP contribution >= 0.6 is 11.6 Å². The number of rotatable bonds is 6. The van der Waals surface area contributed by atoms with Crippen molar-refractivity contribution in [3.8, 4) is 11.5 Å². The largest absolute Gasteiger partial charge is 0.504 e. The van der Waals surface area contributed by atoms with Crippen LogP contribution in [-0.4, -0.2) is 29.8 Å². The Bertz CT molecular complexity index is 1120. The molecule has 0 radical (unpaired) electrons. The summed E-state index contributed by atoms with van der Waals surface area (Å²) >= 11 is 5.85. The van der Waals surface area contributed by atoms with E-state index < -0.39 is 10.0 Å². The molecule has 0 bridgehead atoms. The summed E-state index contributed by atoms with van der Waals surface area (Å²) in [6.07, 6.45) is 2.60. The highest BCUT2D eigenvalue weighted by Gasteiger charge is 2.14. The Balaban J connectivity index is 1.67. The molecule has 0 amide bonds. The summed E-state index contributed by atoms with van der Waals surface area (Å²) in [6.45, 7) is 0. The number of phenols is 2. The molecule has 144 valence electrons. The van der Waals surface area contributed by atoms with E-state index in [1.807, 2.05) is 0 Å². The van der Waals surface area contributed by atoms with Crippen LogP contribution in [-0.2, 0) is 10.0 Å². The molecular weight excluding hydrogens is 404 g/mol. The highest BCUT2D eigenvalue weighted by atomic mass is 35.5. The zero-order chi connectivity index (χ0) is 20.1. The summed E-state index contributed by atoms with van der Waals surface area (Å²) < 4.78 is 27.2. The minimum Gasteiger partial charge on any atom is -0.504 e. The Hall–Kier alpha value is -3.30. The molecule has 0 aliphatic rings. The van der Waals surface area contributed by atoms with Gasteiger partial charge in [0.25, 0.3) is 10.0 Å². The van der Waals surface area contributed by atoms with Gasteiger partial charge in [0.15, 0.2) is 11.5 Å². The number of anilines is 2. The van der Waals surface area contributed by atoms with Crippen LogP contribution in [0.15, 0.2) is 70.8 Å². The maximum atomic E-state index is 12.4. The summed E-state index contributed by atoms with van der Waals surface area (Å²) in [7, 11) is -3.81. The highest BCUT2D eigenvalue weighted by molar-refractivity contribution is 7.92. The molecule has 8 nitrogen and oxygen atoms in total. The lowest BCUT2D eigenvalue weighted by Gasteiger charge is -2.08. The molecule has 1 heterocycles. The third-order valence-corrected chi connectivity index (χ3v) is 5.12. The average Bonchev–Trinajstić information content (AvgIpc) is 2.65. The SMILES string of the molecule is O=S(=O)(Nc1cccc(Cl)c1)c1ccc(N/N=C/c2ccc(O)c(O)c2)nc1. The molecule has 0 spiro atoms. The number of phenolic OH excluding ortho intramolecular Hbond substituents is 2. The number of sulfonamides is 1. The van der Waals surface area contributed by atoms with E-state index in [2.05, 4.69) is 20.2 Å². The van der Waals surface area contributed by atoms with Crippen molar-refractivity contribution in [1.82, 2.24) is 4.98 Å². The topological polar surface area (TPSA) is 124 Å². The van der Waals surface area contributed by atoms with Gasteiger partial charge in [-0.25, -0.2) is 13.4 Å². The first-order valence-electron chi connectivity index (χ1n) is 7.89. The van der Waals surface area contributed by atoms with Crippen molar-refractivity contribution in [3.63, 3.8) is 0 Å². The van der Waals surface area contributed by atoms with E-state index in [0.29, 0.717) is 22.1 Å². The number of hydrazone groups is 1. The maximum absolute atomic E-state index is 12.4. The number of pyridine rings is 1. The zero-order valence-corrected chi connectivity index (χ0v) is 15.8. The van der Waals surface area contributed by atoms with Crippen molar-refractivity contribution in [3.05, 3.63) is 71.4 Å². The van der Waals surface area contributed by atoms with Crippen molar-refractivity contribution in [2.24, 2.45) is 5.10 Å². The standard InChI is InChI=1S/C18H15ClN4O4S/c19-13-2-1-3-14(9-13)23-28(26,27)15-5-7-18(20-11-15)22-21-10-12-4-6-16(24)17(25)8-12/h1-11,23-25H,(H,20,22)/b21-10+. The quantitative estimate of drug-likeness (QED) is 0.276. The van der Waals surface area contributed by atoms with Crippen molar-refractivity contribution in [1.29, 1.82) is 0 Å². The predicted octanol–water partition coefficient (Wildman–Crippen LogP) is 3.39. The predicted molar refractivity (Wildman–Crippen MR) is 107 cm³/mol. The van der Waals surface area contributed by atoms with Crippen LogP contribution in [0, 0.1) is 0 Å². The first-order chi connectivity index (χ1) is 13.3. The lowest BCUT2D eigenvalue weighted by Crippen LogP contribution is -2.13. The molecule has 0 saturated carbocycles. The van der Waals surface area contributed by atoms with Gasteiger partial charge < -0.3 is 10.2 Å². The van der Waals surface area contributed by atoms with E-state index in [9.17, 15) is 18.6 Å². The van der Waals surface area contributed by atoms with E-state index in [1.54, 1.807) is 24.3 Å². The van der Waals surface area contributed by atoms with E-state index >= 15 is 0 Å². The zero-order valence-electron chi connectivity index (χ0n) is 14.2. The van der Waals surface area contributed by atoms with E-state index in [4.69, 9.17) is 11.6 Å². The van der Waals surface area contributed by atoms with Crippen molar-refractivity contribution >= 4 is 39.3 Å². The minimum atomic E-state index is -3.81. The van der Waals surface area contributed by atoms with Gasteiger partial charge >= 0.3 is 0 Å². The second kappa shape index (κ2) is 8.15. The number of benzene rings is 2. The summed E-state index contributed by atoms with van der Waals surface area (Å²) in [5.74, 6) is -0.167. The lowest BCUT2D eigenvalue weighted by atomic mass is 10.2. The fourth-order valence-corrected chi connectivity index (χ4v) is 3.35. The van der Waals surface area contributed by atoms with E-state index in [-0.39, 0.29) is 16.4 Å². The van der Waals surface area contributed by atoms with Gasteiger partial charge in [0.1, 0.15) is 10.7 Å². The van der Waals surface area contributed by atoms with Gasteiger partial charge in [-0.3, -0.25) is 10.1 Å². The average molecular weight is 419 g/mol. The molecular formula is C18H15ClN4O4S. The smallest absolute Gasteiger partial charge is 0.263 e. The van der Waals surface area contributed by atoms with Gasteiger partial charge in [0.05, 0.1) is 11.9 Å². The molecule has 0 aliphatic heterocycles. The van der Waals surface area contributed by atoms with Crippen molar-refractivity contribution in [2.75, 3.05) is 10.1 Å². The number of hydrogen-bond acceptors (Lipinski definition) is 7. The molecule has 0 atom stereocenters. The minimum absolute atomic E-state index is 0.0227. The highest BCUT2D eigenvalue weighted by Crippen LogP contribution is 2.24. The van der Waals surface area contributed by atoms with Crippen molar-refractivity contribution < 1.29 is 18.6 Å². The molecule has 0 saturated heterocycles. The number of halogens is 1. The lowest BCUT2D eigenvalue weighted by molar-refractivity contribution is 0.403. The monoisotopic (exact) mass is 418 g/mol. The maximum Gasteiger partial charge on any atom is 0.263 e. The summed E-state index contributed by atoms with van der Waals surface area (Å²) in [4.78, 5) is 3.98. The Morgan fingerprint density at radius 3 is 2.54 bits per heavy atom. The Labute approximate surface area is 166 Å². The molecule has 0 aliphatic carbocycles. The third-order valence-electron chi connectivity index (χ3n) is 3.52. The van der Waals surface area contributed by atoms with Gasteiger partial charge in [-0.1, -0.05) is 17.7 Å². The first-order valence-corrected chi connectivity index (χ1v) is 9.75. The van der Waals surface area contributed by atoms with Gasteiger partial charge in [0, 0.05) is 11.2 Å². The van der Waals surface area contributed by atoms with Gasteiger partial charge in [-0.05, 0) is 54.1 Å². The first kappa shape index (κ1) is 19.5. The normalized spacial score (nSPS) is 11.5. The van der Waals surface area contributed by atoms with Crippen LogP contribution in [0.1, 0.15) is 5.56 Å². The number of aromatic hydroxyl groups is 2. The Morgan fingerprint density at radius 1 is 1.04 bits per heavy atom. The van der Waals surface area contributed by atoms with Crippen LogP contribution in [0.25, 0.3) is 0 Å². The number of nitrogens with one attached hydrogen (secondary N) is 2. The molecule has 1 aromatic heterocycles. The van der Waals surface area contributed by atoms with Crippen LogP contribution < -0.4 is 10.1 Å². The second-order valence-electron chi connectivity index (χ2n) is 5.61. The summed E-state index contributed by atoms with van der Waals surface area (Å²) in [5.41, 5.74) is 3.54. The summed E-state index contributed by atoms with van der Waals surface area (Å²) in [5, 5.41) is 23.1. The fourth-order valence-electron chi connectivity index (χ4n) is 2.17. The molecule has 0 fully saturated rings. The number of hydrogen-bond donors (Lipinski definition) is 4. The molecule has 0 unspecified atom stereocenters. The summed E-state index contributed by atoms with van der Waals surface area (Å²) in [6, 6.07) is 13.4. The molecule has 3 rings (SSSR count). The molecule has 4 N–H and O–H groups in total. The Kier molecular flexibility index (Phi) is 5.67. The second-order valence-corrected chi connectivity index (χ2v) is 7.73. The van der Waals surface area contributed by atoms with Gasteiger partial charge in [-0.15, -0.1) is 0 Å². The molecule has 3 aromatic rings. The molecule has 10 heteroatoms. The van der Waals surface area contributed by atoms with E-state index in [1.165, 1.54) is 42.7 Å². The fraction of sp³-hybridized carbons (Fsp3) is 0. The van der Waals surface area contributed by atoms with Crippen LogP contribution in [0.2, 0.25) is 5.02 Å². The van der Waals surface area contributed by atoms with Gasteiger partial charge in [-0.2, -0.15) is 5.10 Å². The number of aromatic nitrogens is 1. The van der Waals surface area contributed by atoms with Crippen molar-refractivity contribution in [2.45, 2.75) is 4.90 Å². The third kappa shape index (κ3) is 4.90. The Morgan fingerprint density at radius 2 is 1.86 bits per heavy atom. The van der Waals surface area contributed by atoms with E-state index in [0.717, 1.165) is 0 Å². The number of nitrogens with zero attached hydrogens (tertiary/aromatic N) is 2. The molecule has 2 aromatic carbocycles. The van der Waals surface area contributed by atoms with Crippen LogP contribution in [0.5, 0.6) is 11.5 Å². The van der Waals surface area contributed by atoms with Crippen LogP contribution in [0.4, 0.5) is 11.5 Å². The van der Waals surface area contributed by atoms with Gasteiger partial charge in [0.2, 0.25) is 0 Å². The van der Waals surface area contributed by atoms with Crippen LogP contribution in [0.3, 0.4) is 0 Å².